The van der Waals surface area contributed by atoms with E-state index in [0.29, 0.717) is 6.42 Å². The van der Waals surface area contributed by atoms with E-state index in [4.69, 9.17) is 10.7 Å². The van der Waals surface area contributed by atoms with Crippen LogP contribution >= 0.6 is 11.5 Å². The summed E-state index contributed by atoms with van der Waals surface area (Å²) < 4.78 is 6.93. The van der Waals surface area contributed by atoms with Crippen LogP contribution in [0, 0.1) is 24.2 Å². The molecule has 0 aliphatic carbocycles. The molecule has 0 radical (unpaired) electrons. The van der Waals surface area contributed by atoms with Gasteiger partial charge in [0.2, 0.25) is 5.91 Å². The van der Waals surface area contributed by atoms with Crippen molar-refractivity contribution in [2.24, 2.45) is 11.7 Å². The molecule has 48 heavy (non-hydrogen) atoms. The normalized spacial score (nSPS) is 12.1. The number of benzene rings is 4. The molecule has 0 fully saturated rings. The Balaban J connectivity index is 1.48. The number of anilines is 1. The van der Waals surface area contributed by atoms with Gasteiger partial charge in [-0.3, -0.25) is 4.79 Å². The fraction of sp³-hybridized carbons (Fsp3) is 0.200. The summed E-state index contributed by atoms with van der Waals surface area (Å²) in [5.74, 6) is -0.224. The Labute approximate surface area is 286 Å². The number of aryl methyl sites for hydroxylation is 1. The SMILES string of the molecule is Cc1nsc(N(CC#N)[C@@H](CC(C)C)C(N)=O)c1-c1ccc(-c2cncn2C(c2ccccc2)(c2ccccc2)c2ccccc2)cc1. The number of hydrogen-bond acceptors (Lipinski definition) is 6. The van der Waals surface area contributed by atoms with Crippen LogP contribution < -0.4 is 10.6 Å². The van der Waals surface area contributed by atoms with Gasteiger partial charge < -0.3 is 15.2 Å². The molecule has 0 bridgehead atoms. The largest absolute Gasteiger partial charge is 0.368 e. The Morgan fingerprint density at radius 3 is 1.88 bits per heavy atom. The van der Waals surface area contributed by atoms with E-state index in [1.807, 2.05) is 56.4 Å². The number of hydrogen-bond donors (Lipinski definition) is 1. The van der Waals surface area contributed by atoms with Crippen LogP contribution in [0.3, 0.4) is 0 Å². The maximum Gasteiger partial charge on any atom is 0.240 e. The summed E-state index contributed by atoms with van der Waals surface area (Å²) in [6, 6.07) is 41.6. The summed E-state index contributed by atoms with van der Waals surface area (Å²) in [7, 11) is 0. The summed E-state index contributed by atoms with van der Waals surface area (Å²) >= 11 is 1.30. The molecule has 2 aromatic heterocycles. The molecule has 0 aliphatic heterocycles. The number of carbonyl (C=O) groups excluding carboxylic acids is 1. The van der Waals surface area contributed by atoms with Crippen LogP contribution in [0.5, 0.6) is 0 Å². The van der Waals surface area contributed by atoms with Crippen LogP contribution in [0.4, 0.5) is 5.00 Å². The molecule has 2 N–H and O–H groups in total. The molecule has 8 heteroatoms. The minimum atomic E-state index is -0.701. The molecule has 4 aromatic carbocycles. The molecule has 240 valence electrons. The number of primary amides is 1. The van der Waals surface area contributed by atoms with Crippen molar-refractivity contribution in [3.63, 3.8) is 0 Å². The Morgan fingerprint density at radius 1 is 0.875 bits per heavy atom. The molecule has 0 saturated carbocycles. The van der Waals surface area contributed by atoms with E-state index < -0.39 is 17.5 Å². The van der Waals surface area contributed by atoms with Crippen molar-refractivity contribution in [1.29, 1.82) is 5.26 Å². The van der Waals surface area contributed by atoms with Gasteiger partial charge in [-0.2, -0.15) is 9.64 Å². The summed E-state index contributed by atoms with van der Waals surface area (Å²) in [5.41, 5.74) is 13.2. The van der Waals surface area contributed by atoms with Gasteiger partial charge in [0.25, 0.3) is 0 Å². The van der Waals surface area contributed by atoms with Crippen LogP contribution in [-0.2, 0) is 10.3 Å². The highest BCUT2D eigenvalue weighted by Gasteiger charge is 2.39. The number of nitrogens with two attached hydrogens (primary N) is 1. The van der Waals surface area contributed by atoms with Crippen LogP contribution in [-0.4, -0.2) is 32.4 Å². The number of rotatable bonds is 12. The number of imidazole rings is 1. The molecule has 0 unspecified atom stereocenters. The topological polar surface area (TPSA) is 101 Å². The lowest BCUT2D eigenvalue weighted by Gasteiger charge is -2.38. The van der Waals surface area contributed by atoms with Crippen LogP contribution in [0.1, 0.15) is 42.7 Å². The molecular formula is C40H38N6OS. The molecular weight excluding hydrogens is 613 g/mol. The first-order chi connectivity index (χ1) is 23.4. The summed E-state index contributed by atoms with van der Waals surface area (Å²) in [5, 5.41) is 10.5. The zero-order valence-electron chi connectivity index (χ0n) is 27.3. The third-order valence-corrected chi connectivity index (χ3v) is 9.77. The molecule has 0 spiro atoms. The zero-order chi connectivity index (χ0) is 33.7. The van der Waals surface area contributed by atoms with E-state index in [1.54, 1.807) is 0 Å². The van der Waals surface area contributed by atoms with Gasteiger partial charge in [-0.05, 0) is 58.6 Å². The Morgan fingerprint density at radius 2 is 1.40 bits per heavy atom. The van der Waals surface area contributed by atoms with E-state index in [1.165, 1.54) is 11.5 Å². The molecule has 0 saturated heterocycles. The zero-order valence-corrected chi connectivity index (χ0v) is 28.1. The standard InChI is InChI=1S/C40H38N6OS/c1-28(2)25-35(38(42)47)45(24-23-41)39-37(29(3)44-48-39)31-21-19-30(20-22-31)36-26-43-27-46(36)40(32-13-7-4-8-14-32,33-15-9-5-10-16-33)34-17-11-6-12-18-34/h4-22,26-28,35H,24-25H2,1-3H3,(H2,42,47)/t35-/m0/s1. The summed E-state index contributed by atoms with van der Waals surface area (Å²) in [6.07, 6.45) is 4.38. The number of nitrogens with zero attached hydrogens (tertiary/aromatic N) is 5. The Bertz CT molecular complexity index is 1910. The van der Waals surface area contributed by atoms with E-state index in [9.17, 15) is 10.1 Å². The lowest BCUT2D eigenvalue weighted by molar-refractivity contribution is -0.119. The number of aromatic nitrogens is 3. The molecule has 7 nitrogen and oxygen atoms in total. The van der Waals surface area contributed by atoms with E-state index in [-0.39, 0.29) is 12.5 Å². The van der Waals surface area contributed by atoms with Gasteiger partial charge in [-0.1, -0.05) is 129 Å². The van der Waals surface area contributed by atoms with E-state index >= 15 is 0 Å². The number of nitriles is 1. The molecule has 2 heterocycles. The first-order valence-corrected chi connectivity index (χ1v) is 16.8. The maximum absolute atomic E-state index is 12.6. The molecule has 6 aromatic rings. The fourth-order valence-electron chi connectivity index (χ4n) is 6.67. The highest BCUT2D eigenvalue weighted by Crippen LogP contribution is 2.44. The third-order valence-electron chi connectivity index (χ3n) is 8.79. The Kier molecular flexibility index (Phi) is 9.51. The molecule has 0 aliphatic rings. The minimum Gasteiger partial charge on any atom is -0.368 e. The minimum absolute atomic E-state index is 0.0345. The fourth-order valence-corrected chi connectivity index (χ4v) is 7.64. The first-order valence-electron chi connectivity index (χ1n) is 16.1. The lowest BCUT2D eigenvalue weighted by Crippen LogP contribution is -2.46. The smallest absolute Gasteiger partial charge is 0.240 e. The van der Waals surface area contributed by atoms with Gasteiger partial charge in [-0.15, -0.1) is 0 Å². The quantitative estimate of drug-likeness (QED) is 0.107. The lowest BCUT2D eigenvalue weighted by atomic mass is 9.76. The number of amides is 1. The summed E-state index contributed by atoms with van der Waals surface area (Å²) in [4.78, 5) is 19.2. The number of carbonyl (C=O) groups is 1. The van der Waals surface area contributed by atoms with E-state index in [2.05, 4.69) is 112 Å². The second-order valence-corrected chi connectivity index (χ2v) is 13.1. The van der Waals surface area contributed by atoms with Crippen molar-refractivity contribution in [3.8, 4) is 28.5 Å². The van der Waals surface area contributed by atoms with Gasteiger partial charge in [0.1, 0.15) is 23.1 Å². The van der Waals surface area contributed by atoms with Crippen LogP contribution in [0.2, 0.25) is 0 Å². The van der Waals surface area contributed by atoms with Crippen LogP contribution in [0.25, 0.3) is 22.4 Å². The van der Waals surface area contributed by atoms with Crippen LogP contribution in [0.15, 0.2) is 128 Å². The van der Waals surface area contributed by atoms with Crippen molar-refractivity contribution in [2.75, 3.05) is 11.4 Å². The van der Waals surface area contributed by atoms with Gasteiger partial charge >= 0.3 is 0 Å². The van der Waals surface area contributed by atoms with Gasteiger partial charge in [-0.25, -0.2) is 4.98 Å². The molecule has 1 atom stereocenters. The van der Waals surface area contributed by atoms with Crippen molar-refractivity contribution in [1.82, 2.24) is 13.9 Å². The monoisotopic (exact) mass is 650 g/mol. The van der Waals surface area contributed by atoms with Gasteiger partial charge in [0.15, 0.2) is 0 Å². The Hall–Kier alpha value is -5.52. The van der Waals surface area contributed by atoms with Gasteiger partial charge in [0.05, 0.1) is 30.0 Å². The molecule has 1 amide bonds. The highest BCUT2D eigenvalue weighted by atomic mass is 32.1. The average molecular weight is 651 g/mol. The van der Waals surface area contributed by atoms with Crippen molar-refractivity contribution >= 4 is 22.4 Å². The van der Waals surface area contributed by atoms with Crippen molar-refractivity contribution in [3.05, 3.63) is 150 Å². The second-order valence-electron chi connectivity index (χ2n) is 12.3. The predicted octanol–water partition coefficient (Wildman–Crippen LogP) is 8.05. The third kappa shape index (κ3) is 6.01. The van der Waals surface area contributed by atoms with Crippen molar-refractivity contribution < 1.29 is 4.79 Å². The average Bonchev–Trinajstić information content (AvgIpc) is 3.75. The van der Waals surface area contributed by atoms with Crippen molar-refractivity contribution in [2.45, 2.75) is 38.8 Å². The summed E-state index contributed by atoms with van der Waals surface area (Å²) in [6.45, 7) is 6.08. The predicted molar refractivity (Wildman–Crippen MR) is 194 cm³/mol. The maximum atomic E-state index is 12.6. The molecule has 6 rings (SSSR count). The highest BCUT2D eigenvalue weighted by molar-refractivity contribution is 7.11. The first kappa shape index (κ1) is 32.4. The van der Waals surface area contributed by atoms with E-state index in [0.717, 1.165) is 49.8 Å². The van der Waals surface area contributed by atoms with Gasteiger partial charge in [0, 0.05) is 5.56 Å². The second kappa shape index (κ2) is 14.1.